The smallest absolute Gasteiger partial charge is 0.461 e. The van der Waals surface area contributed by atoms with Crippen LogP contribution in [0.5, 0.6) is 5.75 Å². The fourth-order valence-electron chi connectivity index (χ4n) is 1.53. The van der Waals surface area contributed by atoms with Gasteiger partial charge in [0.15, 0.2) is 0 Å². The van der Waals surface area contributed by atoms with Gasteiger partial charge in [0.1, 0.15) is 10.9 Å². The standard InChI is InChI=1S/C11H5BrClF5N2O/c1-21-4-2-5(12)7-6(3-4)19-9(20-8(7)13)10(14,15)11(16,17)18/h2-3H,1H3. The zero-order valence-corrected chi connectivity index (χ0v) is 12.4. The quantitative estimate of drug-likeness (QED) is 0.549. The summed E-state index contributed by atoms with van der Waals surface area (Å²) in [5, 5.41) is -0.410. The van der Waals surface area contributed by atoms with Gasteiger partial charge in [0.05, 0.1) is 18.0 Å². The van der Waals surface area contributed by atoms with Gasteiger partial charge in [-0.3, -0.25) is 0 Å². The molecule has 3 nitrogen and oxygen atoms in total. The van der Waals surface area contributed by atoms with E-state index in [-0.39, 0.29) is 16.7 Å². The molecule has 0 radical (unpaired) electrons. The minimum absolute atomic E-state index is 0.110. The van der Waals surface area contributed by atoms with Gasteiger partial charge in [-0.05, 0) is 22.0 Å². The largest absolute Gasteiger partial charge is 0.497 e. The highest BCUT2D eigenvalue weighted by molar-refractivity contribution is 9.10. The maximum Gasteiger partial charge on any atom is 0.461 e. The van der Waals surface area contributed by atoms with E-state index in [1.54, 1.807) is 0 Å². The summed E-state index contributed by atoms with van der Waals surface area (Å²) < 4.78 is 68.9. The van der Waals surface area contributed by atoms with Gasteiger partial charge >= 0.3 is 12.1 Å². The summed E-state index contributed by atoms with van der Waals surface area (Å²) in [4.78, 5) is 6.34. The maximum atomic E-state index is 13.3. The number of hydrogen-bond acceptors (Lipinski definition) is 3. The molecule has 2 rings (SSSR count). The van der Waals surface area contributed by atoms with Crippen LogP contribution in [0.2, 0.25) is 5.15 Å². The molecule has 0 saturated heterocycles. The topological polar surface area (TPSA) is 35.0 Å². The molecule has 21 heavy (non-hydrogen) atoms. The molecule has 1 aromatic carbocycles. The summed E-state index contributed by atoms with van der Waals surface area (Å²) >= 11 is 8.80. The molecule has 0 saturated carbocycles. The fourth-order valence-corrected chi connectivity index (χ4v) is 2.54. The first-order valence-corrected chi connectivity index (χ1v) is 6.41. The van der Waals surface area contributed by atoms with Crippen molar-refractivity contribution < 1.29 is 26.7 Å². The van der Waals surface area contributed by atoms with Crippen molar-refractivity contribution in [2.45, 2.75) is 12.1 Å². The molecule has 0 fully saturated rings. The Bertz CT molecular complexity index is 707. The Morgan fingerprint density at radius 3 is 2.29 bits per heavy atom. The SMILES string of the molecule is COc1cc(Br)c2c(Cl)nc(C(F)(F)C(F)(F)F)nc2c1. The van der Waals surface area contributed by atoms with E-state index in [2.05, 4.69) is 25.9 Å². The third kappa shape index (κ3) is 2.76. The lowest BCUT2D eigenvalue weighted by atomic mass is 10.2. The van der Waals surface area contributed by atoms with E-state index in [4.69, 9.17) is 16.3 Å². The molecule has 0 aliphatic heterocycles. The van der Waals surface area contributed by atoms with Crippen LogP contribution in [0.1, 0.15) is 5.82 Å². The van der Waals surface area contributed by atoms with Gasteiger partial charge in [-0.2, -0.15) is 22.0 Å². The Balaban J connectivity index is 2.75. The molecule has 1 aromatic heterocycles. The number of benzene rings is 1. The molecule has 0 N–H and O–H groups in total. The maximum absolute atomic E-state index is 13.3. The summed E-state index contributed by atoms with van der Waals surface area (Å²) in [5.41, 5.74) is -0.194. The second-order valence-corrected chi connectivity index (χ2v) is 5.13. The van der Waals surface area contributed by atoms with Crippen LogP contribution in [0.25, 0.3) is 10.9 Å². The molecule has 0 spiro atoms. The molecule has 2 aromatic rings. The van der Waals surface area contributed by atoms with Crippen LogP contribution in [0.15, 0.2) is 16.6 Å². The van der Waals surface area contributed by atoms with Crippen LogP contribution in [0.3, 0.4) is 0 Å². The lowest BCUT2D eigenvalue weighted by Crippen LogP contribution is -2.35. The van der Waals surface area contributed by atoms with Crippen molar-refractivity contribution in [2.75, 3.05) is 7.11 Å². The molecule has 114 valence electrons. The van der Waals surface area contributed by atoms with E-state index in [0.717, 1.165) is 0 Å². The van der Waals surface area contributed by atoms with Crippen molar-refractivity contribution in [3.8, 4) is 5.75 Å². The summed E-state index contributed by atoms with van der Waals surface area (Å²) in [6.07, 6.45) is -5.82. The monoisotopic (exact) mass is 390 g/mol. The van der Waals surface area contributed by atoms with Crippen molar-refractivity contribution in [3.05, 3.63) is 27.6 Å². The summed E-state index contributed by atoms with van der Waals surface area (Å²) in [6.45, 7) is 0. The molecule has 0 aliphatic rings. The molecular formula is C11H5BrClF5N2O. The molecule has 0 bridgehead atoms. The summed E-state index contributed by atoms with van der Waals surface area (Å²) in [5.74, 6) is -6.71. The van der Waals surface area contributed by atoms with Crippen LogP contribution in [0.4, 0.5) is 22.0 Å². The first-order valence-electron chi connectivity index (χ1n) is 5.23. The van der Waals surface area contributed by atoms with E-state index in [0.29, 0.717) is 4.47 Å². The van der Waals surface area contributed by atoms with E-state index in [1.807, 2.05) is 0 Å². The van der Waals surface area contributed by atoms with Crippen LogP contribution in [-0.2, 0) is 5.92 Å². The van der Waals surface area contributed by atoms with Crippen molar-refractivity contribution in [1.82, 2.24) is 9.97 Å². The first kappa shape index (κ1) is 16.2. The van der Waals surface area contributed by atoms with E-state index in [1.165, 1.54) is 19.2 Å². The Morgan fingerprint density at radius 2 is 1.76 bits per heavy atom. The number of alkyl halides is 5. The number of rotatable bonds is 2. The molecule has 0 atom stereocenters. The lowest BCUT2D eigenvalue weighted by Gasteiger charge is -2.18. The number of fused-ring (bicyclic) bond motifs is 1. The highest BCUT2D eigenvalue weighted by atomic mass is 79.9. The highest BCUT2D eigenvalue weighted by Crippen LogP contribution is 2.43. The Hall–Kier alpha value is -1.22. The fraction of sp³-hybridized carbons (Fsp3) is 0.273. The van der Waals surface area contributed by atoms with Gasteiger partial charge in [0.25, 0.3) is 0 Å². The second-order valence-electron chi connectivity index (χ2n) is 3.91. The van der Waals surface area contributed by atoms with Gasteiger partial charge in [-0.1, -0.05) is 11.6 Å². The van der Waals surface area contributed by atoms with Crippen LogP contribution < -0.4 is 4.74 Å². The summed E-state index contributed by atoms with van der Waals surface area (Å²) in [7, 11) is 1.31. The van der Waals surface area contributed by atoms with Crippen molar-refractivity contribution in [1.29, 1.82) is 0 Å². The zero-order valence-electron chi connectivity index (χ0n) is 10.1. The first-order chi connectivity index (χ1) is 9.57. The Kier molecular flexibility index (Phi) is 4.00. The average molecular weight is 392 g/mol. The normalized spacial score (nSPS) is 12.8. The number of nitrogens with zero attached hydrogens (tertiary/aromatic N) is 2. The Labute approximate surface area is 128 Å². The predicted octanol–water partition coefficient (Wildman–Crippen LogP) is 4.71. The zero-order chi connectivity index (χ0) is 16.0. The molecule has 1 heterocycles. The Morgan fingerprint density at radius 1 is 1.14 bits per heavy atom. The highest BCUT2D eigenvalue weighted by Gasteiger charge is 2.61. The van der Waals surface area contributed by atoms with Crippen molar-refractivity contribution in [2.24, 2.45) is 0 Å². The third-order valence-electron chi connectivity index (χ3n) is 2.55. The molecular weight excluding hydrogens is 386 g/mol. The number of aromatic nitrogens is 2. The number of ether oxygens (including phenoxy) is 1. The van der Waals surface area contributed by atoms with Crippen molar-refractivity contribution in [3.63, 3.8) is 0 Å². The van der Waals surface area contributed by atoms with Gasteiger partial charge < -0.3 is 4.74 Å². The predicted molar refractivity (Wildman–Crippen MR) is 68.7 cm³/mol. The molecule has 0 amide bonds. The van der Waals surface area contributed by atoms with Gasteiger partial charge in [0.2, 0.25) is 5.82 Å². The number of hydrogen-bond donors (Lipinski definition) is 0. The lowest BCUT2D eigenvalue weighted by molar-refractivity contribution is -0.292. The minimum atomic E-state index is -5.82. The summed E-state index contributed by atoms with van der Waals surface area (Å²) in [6, 6.07) is 2.64. The van der Waals surface area contributed by atoms with Gasteiger partial charge in [0, 0.05) is 10.5 Å². The third-order valence-corrected chi connectivity index (χ3v) is 3.45. The second kappa shape index (κ2) is 5.20. The van der Waals surface area contributed by atoms with E-state index < -0.39 is 23.1 Å². The van der Waals surface area contributed by atoms with Gasteiger partial charge in [-0.25, -0.2) is 9.97 Å². The number of halogens is 7. The molecule has 10 heteroatoms. The number of methoxy groups -OCH3 is 1. The van der Waals surface area contributed by atoms with E-state index in [9.17, 15) is 22.0 Å². The minimum Gasteiger partial charge on any atom is -0.497 e. The van der Waals surface area contributed by atoms with Crippen LogP contribution in [0, 0.1) is 0 Å². The van der Waals surface area contributed by atoms with Crippen molar-refractivity contribution >= 4 is 38.4 Å². The van der Waals surface area contributed by atoms with Crippen LogP contribution >= 0.6 is 27.5 Å². The average Bonchev–Trinajstić information content (AvgIpc) is 2.36. The van der Waals surface area contributed by atoms with Crippen LogP contribution in [-0.4, -0.2) is 23.3 Å². The molecule has 0 unspecified atom stereocenters. The van der Waals surface area contributed by atoms with E-state index >= 15 is 0 Å². The van der Waals surface area contributed by atoms with Gasteiger partial charge in [-0.15, -0.1) is 0 Å². The molecule has 0 aliphatic carbocycles.